The highest BCUT2D eigenvalue weighted by molar-refractivity contribution is 7.99. The van der Waals surface area contributed by atoms with Gasteiger partial charge in [0.1, 0.15) is 5.82 Å². The molecule has 0 atom stereocenters. The molecule has 15 aromatic rings. The lowest BCUT2D eigenvalue weighted by Crippen LogP contribution is -2.16. The van der Waals surface area contributed by atoms with E-state index in [1.165, 1.54) is 124 Å². The van der Waals surface area contributed by atoms with Gasteiger partial charge in [0, 0.05) is 54.0 Å². The molecule has 0 saturated carbocycles. The largest absolute Gasteiger partial charge is 0.309 e. The van der Waals surface area contributed by atoms with Gasteiger partial charge in [-0.25, -0.2) is 4.98 Å². The molecule has 0 unspecified atom stereocenters. The first-order valence-electron chi connectivity index (χ1n) is 25.3. The third kappa shape index (κ3) is 6.20. The monoisotopic (exact) mass is 958 g/mol. The minimum atomic E-state index is 0.902. The molecule has 0 amide bonds. The van der Waals surface area contributed by atoms with Crippen molar-refractivity contribution in [1.82, 2.24) is 14.1 Å². The van der Waals surface area contributed by atoms with Gasteiger partial charge in [-0.15, -0.1) is 0 Å². The minimum absolute atomic E-state index is 0.902. The molecular formula is C69H42N4S. The number of aromatic nitrogens is 3. The Morgan fingerprint density at radius 1 is 0.311 bits per heavy atom. The average Bonchev–Trinajstić information content (AvgIpc) is 3.98. The maximum Gasteiger partial charge on any atom is 0.137 e. The Morgan fingerprint density at radius 2 is 0.878 bits per heavy atom. The van der Waals surface area contributed by atoms with Crippen LogP contribution in [0.4, 0.5) is 17.2 Å². The molecule has 12 aromatic carbocycles. The SMILES string of the molecule is c1ccc(-c2ccc3c(c2)Sc2cc(-c4ccc5c(c4)c4ccccc4n5-c4ccc5cc6c(ccc7c6c6ccccc6n7-c6c7ccccc7cc7ccccc67)cc5c4)ccc2N3c2ccccn2)cc1. The van der Waals surface area contributed by atoms with Gasteiger partial charge in [-0.2, -0.15) is 0 Å². The molecule has 0 bridgehead atoms. The van der Waals surface area contributed by atoms with E-state index in [2.05, 4.69) is 257 Å². The first-order chi connectivity index (χ1) is 36.7. The zero-order valence-corrected chi connectivity index (χ0v) is 40.8. The van der Waals surface area contributed by atoms with Gasteiger partial charge in [-0.3, -0.25) is 4.90 Å². The summed E-state index contributed by atoms with van der Waals surface area (Å²) < 4.78 is 4.95. The van der Waals surface area contributed by atoms with Crippen molar-refractivity contribution in [3.05, 3.63) is 255 Å². The Labute approximate surface area is 430 Å². The van der Waals surface area contributed by atoms with Crippen LogP contribution >= 0.6 is 11.8 Å². The summed E-state index contributed by atoms with van der Waals surface area (Å²) in [5.74, 6) is 0.902. The van der Waals surface area contributed by atoms with Crippen LogP contribution in [0, 0.1) is 0 Å². The molecule has 5 heteroatoms. The Hall–Kier alpha value is -9.42. The number of hydrogen-bond donors (Lipinski definition) is 0. The van der Waals surface area contributed by atoms with Crippen LogP contribution in [0.5, 0.6) is 0 Å². The van der Waals surface area contributed by atoms with Crippen LogP contribution in [0.3, 0.4) is 0 Å². The topological polar surface area (TPSA) is 26.0 Å². The molecule has 4 nitrogen and oxygen atoms in total. The predicted molar refractivity (Wildman–Crippen MR) is 313 cm³/mol. The van der Waals surface area contributed by atoms with Crippen LogP contribution in [-0.2, 0) is 0 Å². The van der Waals surface area contributed by atoms with Gasteiger partial charge in [0.2, 0.25) is 0 Å². The third-order valence-corrected chi connectivity index (χ3v) is 16.5. The summed E-state index contributed by atoms with van der Waals surface area (Å²) in [6.07, 6.45) is 1.88. The van der Waals surface area contributed by atoms with Gasteiger partial charge in [0.15, 0.2) is 0 Å². The summed E-state index contributed by atoms with van der Waals surface area (Å²) in [5, 5.41) is 14.9. The second kappa shape index (κ2) is 16.0. The summed E-state index contributed by atoms with van der Waals surface area (Å²) in [5.41, 5.74) is 14.2. The van der Waals surface area contributed by atoms with Crippen molar-refractivity contribution in [3.8, 4) is 33.6 Å². The van der Waals surface area contributed by atoms with E-state index in [4.69, 9.17) is 4.98 Å². The minimum Gasteiger partial charge on any atom is -0.309 e. The fourth-order valence-corrected chi connectivity index (χ4v) is 13.2. The van der Waals surface area contributed by atoms with Gasteiger partial charge in [0.05, 0.1) is 39.1 Å². The van der Waals surface area contributed by atoms with Crippen molar-refractivity contribution in [2.24, 2.45) is 0 Å². The normalized spacial score (nSPS) is 12.5. The molecular weight excluding hydrogens is 917 g/mol. The Bertz CT molecular complexity index is 4770. The Kier molecular flexibility index (Phi) is 8.94. The lowest BCUT2D eigenvalue weighted by molar-refractivity contribution is 1.11. The first kappa shape index (κ1) is 41.2. The zero-order chi connectivity index (χ0) is 48.4. The molecule has 1 aliphatic heterocycles. The van der Waals surface area contributed by atoms with Gasteiger partial charge in [-0.1, -0.05) is 163 Å². The van der Waals surface area contributed by atoms with Crippen molar-refractivity contribution in [3.63, 3.8) is 0 Å². The number of fused-ring (bicyclic) bond motifs is 13. The van der Waals surface area contributed by atoms with Crippen LogP contribution < -0.4 is 4.90 Å². The smallest absolute Gasteiger partial charge is 0.137 e. The molecule has 0 fully saturated rings. The van der Waals surface area contributed by atoms with Gasteiger partial charge >= 0.3 is 0 Å². The van der Waals surface area contributed by atoms with Crippen molar-refractivity contribution in [2.75, 3.05) is 4.90 Å². The highest BCUT2D eigenvalue weighted by Crippen LogP contribution is 2.53. The van der Waals surface area contributed by atoms with E-state index in [0.29, 0.717) is 0 Å². The summed E-state index contributed by atoms with van der Waals surface area (Å²) in [7, 11) is 0. The van der Waals surface area contributed by atoms with E-state index in [-0.39, 0.29) is 0 Å². The molecule has 0 aliphatic carbocycles. The van der Waals surface area contributed by atoms with Crippen LogP contribution in [0.2, 0.25) is 0 Å². The summed E-state index contributed by atoms with van der Waals surface area (Å²) in [6, 6.07) is 91.6. The van der Waals surface area contributed by atoms with E-state index in [1.54, 1.807) is 0 Å². The van der Waals surface area contributed by atoms with E-state index < -0.39 is 0 Å². The average molecular weight is 959 g/mol. The van der Waals surface area contributed by atoms with Gasteiger partial charge in [-0.05, 0) is 152 Å². The van der Waals surface area contributed by atoms with E-state index in [0.717, 1.165) is 22.9 Å². The maximum atomic E-state index is 4.84. The molecule has 0 saturated heterocycles. The van der Waals surface area contributed by atoms with Crippen LogP contribution in [0.25, 0.3) is 120 Å². The molecule has 0 spiro atoms. The quantitative estimate of drug-likeness (QED) is 0.161. The predicted octanol–water partition coefficient (Wildman–Crippen LogP) is 19.2. The van der Waals surface area contributed by atoms with Crippen molar-refractivity contribution < 1.29 is 0 Å². The number of benzene rings is 12. The lowest BCUT2D eigenvalue weighted by Gasteiger charge is -2.32. The molecule has 0 N–H and O–H groups in total. The number of para-hydroxylation sites is 2. The summed E-state index contributed by atoms with van der Waals surface area (Å²) in [4.78, 5) is 9.54. The number of rotatable bonds is 5. The molecule has 3 aromatic heterocycles. The molecule has 0 radical (unpaired) electrons. The second-order valence-corrected chi connectivity index (χ2v) is 20.6. The molecule has 4 heterocycles. The van der Waals surface area contributed by atoms with Crippen LogP contribution in [0.15, 0.2) is 265 Å². The van der Waals surface area contributed by atoms with E-state index in [9.17, 15) is 0 Å². The number of nitrogens with zero attached hydrogens (tertiary/aromatic N) is 4. The van der Waals surface area contributed by atoms with Crippen molar-refractivity contribution in [1.29, 1.82) is 0 Å². The number of anilines is 3. The fraction of sp³-hybridized carbons (Fsp3) is 0. The Balaban J connectivity index is 0.814. The lowest BCUT2D eigenvalue weighted by atomic mass is 9.99. The highest BCUT2D eigenvalue weighted by atomic mass is 32.2. The van der Waals surface area contributed by atoms with Crippen LogP contribution in [0.1, 0.15) is 0 Å². The number of hydrogen-bond acceptors (Lipinski definition) is 3. The van der Waals surface area contributed by atoms with E-state index in [1.807, 2.05) is 24.0 Å². The summed E-state index contributed by atoms with van der Waals surface area (Å²) >= 11 is 1.83. The fourth-order valence-electron chi connectivity index (χ4n) is 12.1. The van der Waals surface area contributed by atoms with Crippen molar-refractivity contribution in [2.45, 2.75) is 9.79 Å². The van der Waals surface area contributed by atoms with Crippen LogP contribution in [-0.4, -0.2) is 14.1 Å². The Morgan fingerprint density at radius 3 is 1.62 bits per heavy atom. The molecule has 16 rings (SSSR count). The second-order valence-electron chi connectivity index (χ2n) is 19.5. The number of pyridine rings is 1. The molecule has 1 aliphatic rings. The zero-order valence-electron chi connectivity index (χ0n) is 39.9. The highest BCUT2D eigenvalue weighted by Gasteiger charge is 2.27. The van der Waals surface area contributed by atoms with Crippen molar-refractivity contribution >= 4 is 116 Å². The molecule has 74 heavy (non-hydrogen) atoms. The van der Waals surface area contributed by atoms with E-state index >= 15 is 0 Å². The van der Waals surface area contributed by atoms with Gasteiger partial charge in [0.25, 0.3) is 0 Å². The molecule has 344 valence electrons. The maximum absolute atomic E-state index is 4.84. The first-order valence-corrected chi connectivity index (χ1v) is 26.1. The van der Waals surface area contributed by atoms with Gasteiger partial charge < -0.3 is 9.13 Å². The third-order valence-electron chi connectivity index (χ3n) is 15.4. The standard InChI is InChI=1S/C69H42N4S/c1-2-14-43(15-3-1)46-27-32-62-65(41-46)74-66-42-47(28-33-63(66)72(62)67-24-12-13-35-70-67)44-26-31-61-58(40-44)55-20-8-10-22-59(55)71(61)52-30-25-45-39-57-50(37-51(45)38-52)29-34-64-68(57)56-21-9-11-23-60(56)73(64)69-53-18-6-4-16-48(53)36-49-17-5-7-19-54(49)69/h1-42H. The summed E-state index contributed by atoms with van der Waals surface area (Å²) in [6.45, 7) is 0.